The quantitative estimate of drug-likeness (QED) is 0.887. The molecule has 0 aliphatic carbocycles. The molecule has 2 aromatic rings. The highest BCUT2D eigenvalue weighted by atomic mass is 16.5. The number of fused-ring (bicyclic) bond motifs is 1. The van der Waals surface area contributed by atoms with Gasteiger partial charge in [0.05, 0.1) is 12.2 Å². The van der Waals surface area contributed by atoms with Gasteiger partial charge in [-0.3, -0.25) is 14.6 Å². The molecule has 1 unspecified atom stereocenters. The Morgan fingerprint density at radius 3 is 2.81 bits per heavy atom. The number of rotatable bonds is 3. The Hall–Kier alpha value is -2.89. The number of aromatic nitrogens is 1. The van der Waals surface area contributed by atoms with E-state index in [0.29, 0.717) is 17.0 Å². The molecule has 6 nitrogen and oxygen atoms in total. The van der Waals surface area contributed by atoms with E-state index in [9.17, 15) is 9.59 Å². The molecule has 2 heterocycles. The van der Waals surface area contributed by atoms with Gasteiger partial charge in [-0.25, -0.2) is 0 Å². The molecule has 0 saturated carbocycles. The van der Waals surface area contributed by atoms with Crippen molar-refractivity contribution in [2.75, 3.05) is 11.9 Å². The Kier molecular flexibility index (Phi) is 3.51. The lowest BCUT2D eigenvalue weighted by molar-refractivity contribution is -0.123. The van der Waals surface area contributed by atoms with E-state index in [2.05, 4.69) is 15.6 Å². The lowest BCUT2D eigenvalue weighted by Crippen LogP contribution is -2.45. The fourth-order valence-electron chi connectivity index (χ4n) is 2.02. The van der Waals surface area contributed by atoms with Gasteiger partial charge in [-0.05, 0) is 24.3 Å². The van der Waals surface area contributed by atoms with Gasteiger partial charge in [0.2, 0.25) is 0 Å². The van der Waals surface area contributed by atoms with Crippen LogP contribution in [0.3, 0.4) is 0 Å². The smallest absolute Gasteiger partial charge is 0.267 e. The summed E-state index contributed by atoms with van der Waals surface area (Å²) in [5, 5.41) is 5.43. The second kappa shape index (κ2) is 5.62. The number of hydrogen-bond donors (Lipinski definition) is 2. The lowest BCUT2D eigenvalue weighted by atomic mass is 10.2. The molecular formula is C15H13N3O3. The van der Waals surface area contributed by atoms with Gasteiger partial charge in [-0.15, -0.1) is 0 Å². The van der Waals surface area contributed by atoms with Crippen LogP contribution in [-0.2, 0) is 4.79 Å². The van der Waals surface area contributed by atoms with Gasteiger partial charge in [0.1, 0.15) is 5.75 Å². The van der Waals surface area contributed by atoms with Gasteiger partial charge in [0, 0.05) is 18.0 Å². The average Bonchev–Trinajstić information content (AvgIpc) is 2.53. The number of pyridine rings is 1. The summed E-state index contributed by atoms with van der Waals surface area (Å²) in [6, 6.07) is 10.4. The Bertz CT molecular complexity index is 673. The fraction of sp³-hybridized carbons (Fsp3) is 0.133. The molecule has 21 heavy (non-hydrogen) atoms. The van der Waals surface area contributed by atoms with Gasteiger partial charge in [0.15, 0.2) is 6.10 Å². The van der Waals surface area contributed by atoms with Crippen LogP contribution in [0, 0.1) is 0 Å². The molecule has 3 rings (SSSR count). The molecule has 6 heteroatoms. The van der Waals surface area contributed by atoms with Crippen molar-refractivity contribution in [2.24, 2.45) is 0 Å². The summed E-state index contributed by atoms with van der Waals surface area (Å²) in [5.41, 5.74) is 1.13. The van der Waals surface area contributed by atoms with Crippen LogP contribution >= 0.6 is 0 Å². The molecule has 1 aliphatic rings. The monoisotopic (exact) mass is 283 g/mol. The molecule has 106 valence electrons. The number of para-hydroxylation sites is 2. The number of nitrogens with one attached hydrogen (secondary N) is 2. The molecule has 1 atom stereocenters. The summed E-state index contributed by atoms with van der Waals surface area (Å²) in [4.78, 5) is 27.7. The number of hydrogen-bond acceptors (Lipinski definition) is 4. The molecule has 0 spiro atoms. The van der Waals surface area contributed by atoms with Crippen molar-refractivity contribution in [2.45, 2.75) is 6.10 Å². The van der Waals surface area contributed by atoms with E-state index in [0.717, 1.165) is 0 Å². The van der Waals surface area contributed by atoms with E-state index in [1.165, 1.54) is 12.4 Å². The van der Waals surface area contributed by atoms with Crippen molar-refractivity contribution in [1.82, 2.24) is 10.3 Å². The van der Waals surface area contributed by atoms with Crippen LogP contribution in [0.2, 0.25) is 0 Å². The number of ether oxygens (including phenoxy) is 1. The van der Waals surface area contributed by atoms with Crippen LogP contribution in [0.1, 0.15) is 10.4 Å². The largest absolute Gasteiger partial charge is 0.477 e. The first-order valence-corrected chi connectivity index (χ1v) is 6.49. The molecule has 0 radical (unpaired) electrons. The van der Waals surface area contributed by atoms with Crippen molar-refractivity contribution in [3.8, 4) is 5.75 Å². The van der Waals surface area contributed by atoms with E-state index < -0.39 is 6.10 Å². The summed E-state index contributed by atoms with van der Waals surface area (Å²) >= 11 is 0. The molecule has 0 bridgehead atoms. The van der Waals surface area contributed by atoms with Gasteiger partial charge < -0.3 is 15.4 Å². The third-order valence-corrected chi connectivity index (χ3v) is 3.10. The minimum atomic E-state index is -0.745. The Balaban J connectivity index is 1.64. The molecule has 1 aromatic heterocycles. The minimum absolute atomic E-state index is 0.0985. The minimum Gasteiger partial charge on any atom is -0.477 e. The second-order valence-electron chi connectivity index (χ2n) is 4.54. The molecular weight excluding hydrogens is 270 g/mol. The van der Waals surface area contributed by atoms with E-state index in [1.54, 1.807) is 24.3 Å². The van der Waals surface area contributed by atoms with E-state index in [-0.39, 0.29) is 18.4 Å². The number of nitrogens with zero attached hydrogens (tertiary/aromatic N) is 1. The normalized spacial score (nSPS) is 16.4. The van der Waals surface area contributed by atoms with Crippen molar-refractivity contribution >= 4 is 17.5 Å². The number of benzene rings is 1. The summed E-state index contributed by atoms with van der Waals surface area (Å²) < 4.78 is 5.59. The van der Waals surface area contributed by atoms with Crippen LogP contribution in [0.25, 0.3) is 0 Å². The number of carbonyl (C=O) groups is 2. The molecule has 0 fully saturated rings. The summed E-state index contributed by atoms with van der Waals surface area (Å²) in [5.74, 6) is 0.0525. The third-order valence-electron chi connectivity index (χ3n) is 3.10. The number of anilines is 1. The number of amides is 2. The fourth-order valence-corrected chi connectivity index (χ4v) is 2.02. The zero-order valence-corrected chi connectivity index (χ0v) is 11.1. The standard InChI is InChI=1S/C15H13N3O3/c19-14(10-5-7-16-8-6-10)17-9-13-15(20)18-11-3-1-2-4-12(11)21-13/h1-8,13H,9H2,(H,17,19)(H,18,20). The van der Waals surface area contributed by atoms with E-state index in [1.807, 2.05) is 12.1 Å². The SMILES string of the molecule is O=C(NCC1Oc2ccccc2NC1=O)c1ccncc1. The van der Waals surface area contributed by atoms with Gasteiger partial charge in [0.25, 0.3) is 11.8 Å². The number of carbonyl (C=O) groups excluding carboxylic acids is 2. The van der Waals surface area contributed by atoms with Crippen molar-refractivity contribution in [3.63, 3.8) is 0 Å². The van der Waals surface area contributed by atoms with Crippen LogP contribution in [-0.4, -0.2) is 29.4 Å². The maximum absolute atomic E-state index is 11.9. The first-order chi connectivity index (χ1) is 10.2. The van der Waals surface area contributed by atoms with E-state index >= 15 is 0 Å². The van der Waals surface area contributed by atoms with Crippen LogP contribution in [0.15, 0.2) is 48.8 Å². The molecule has 0 saturated heterocycles. The maximum Gasteiger partial charge on any atom is 0.267 e. The summed E-state index contributed by atoms with van der Waals surface area (Å²) in [6.45, 7) is 0.0985. The molecule has 2 amide bonds. The lowest BCUT2D eigenvalue weighted by Gasteiger charge is -2.25. The van der Waals surface area contributed by atoms with Crippen LogP contribution in [0.4, 0.5) is 5.69 Å². The Labute approximate surface area is 121 Å². The first kappa shape index (κ1) is 13.1. The van der Waals surface area contributed by atoms with Gasteiger partial charge in [-0.1, -0.05) is 12.1 Å². The predicted molar refractivity (Wildman–Crippen MR) is 76.1 cm³/mol. The average molecular weight is 283 g/mol. The van der Waals surface area contributed by atoms with Crippen LogP contribution in [0.5, 0.6) is 5.75 Å². The Morgan fingerprint density at radius 1 is 1.24 bits per heavy atom. The van der Waals surface area contributed by atoms with Crippen molar-refractivity contribution in [1.29, 1.82) is 0 Å². The predicted octanol–water partition coefficient (Wildman–Crippen LogP) is 1.21. The van der Waals surface area contributed by atoms with Gasteiger partial charge >= 0.3 is 0 Å². The molecule has 1 aromatic carbocycles. The zero-order chi connectivity index (χ0) is 14.7. The highest BCUT2D eigenvalue weighted by molar-refractivity contribution is 5.99. The van der Waals surface area contributed by atoms with Crippen molar-refractivity contribution < 1.29 is 14.3 Å². The summed E-state index contributed by atoms with van der Waals surface area (Å²) in [7, 11) is 0. The molecule has 2 N–H and O–H groups in total. The maximum atomic E-state index is 11.9. The second-order valence-corrected chi connectivity index (χ2v) is 4.54. The third kappa shape index (κ3) is 2.84. The zero-order valence-electron chi connectivity index (χ0n) is 11.1. The Morgan fingerprint density at radius 2 is 2.00 bits per heavy atom. The van der Waals surface area contributed by atoms with Crippen molar-refractivity contribution in [3.05, 3.63) is 54.4 Å². The topological polar surface area (TPSA) is 80.3 Å². The van der Waals surface area contributed by atoms with E-state index in [4.69, 9.17) is 4.74 Å². The highest BCUT2D eigenvalue weighted by Crippen LogP contribution is 2.28. The van der Waals surface area contributed by atoms with Crippen LogP contribution < -0.4 is 15.4 Å². The molecule has 1 aliphatic heterocycles. The van der Waals surface area contributed by atoms with Gasteiger partial charge in [-0.2, -0.15) is 0 Å². The summed E-state index contributed by atoms with van der Waals surface area (Å²) in [6.07, 6.45) is 2.33. The highest BCUT2D eigenvalue weighted by Gasteiger charge is 2.27. The first-order valence-electron chi connectivity index (χ1n) is 6.49.